The molecule has 26 heavy (non-hydrogen) atoms. The van der Waals surface area contributed by atoms with Crippen LogP contribution >= 0.6 is 0 Å². The van der Waals surface area contributed by atoms with Crippen molar-refractivity contribution in [3.8, 4) is 11.8 Å². The molecular weight excluding hydrogens is 338 g/mol. The predicted octanol–water partition coefficient (Wildman–Crippen LogP) is 5.85. The van der Waals surface area contributed by atoms with Crippen LogP contribution in [0.2, 0.25) is 0 Å². The molecule has 0 radical (unpaired) electrons. The van der Waals surface area contributed by atoms with E-state index < -0.39 is 11.0 Å². The summed E-state index contributed by atoms with van der Waals surface area (Å²) in [6.45, 7) is 4.23. The summed E-state index contributed by atoms with van der Waals surface area (Å²) in [4.78, 5) is 0.711. The minimum Gasteiger partial charge on any atom is -0.229 e. The fourth-order valence-corrected chi connectivity index (χ4v) is 3.22. The van der Waals surface area contributed by atoms with E-state index in [4.69, 9.17) is 0 Å². The Hall–Kier alpha value is -2.18. The third-order valence-corrected chi connectivity index (χ3v) is 5.07. The van der Waals surface area contributed by atoms with Crippen molar-refractivity contribution >= 4 is 17.2 Å². The first-order chi connectivity index (χ1) is 12.7. The second-order valence-corrected chi connectivity index (χ2v) is 7.53. The molecule has 2 rings (SSSR count). The van der Waals surface area contributed by atoms with Crippen molar-refractivity contribution in [3.05, 3.63) is 65.2 Å². The molecule has 0 aliphatic rings. The highest BCUT2D eigenvalue weighted by Gasteiger charge is 2.01. The Morgan fingerprint density at radius 2 is 1.73 bits per heavy atom. The first-order valence-corrected chi connectivity index (χ1v) is 10.4. The Bertz CT molecular complexity index is 797. The number of rotatable bonds is 8. The Labute approximate surface area is 160 Å². The lowest BCUT2D eigenvalue weighted by Crippen LogP contribution is -1.92. The molecule has 1 atom stereocenters. The standard InChI is InChI=1S/C23H27NOS/c1-3-4-5-6-7-8-9-12-21-13-10-11-14-22(21)19-24-26(25)23-17-15-20(2)16-18-23/h10-11,13-19H,3-8H2,1-2H3/b24-19+. The van der Waals surface area contributed by atoms with Crippen molar-refractivity contribution in [1.82, 2.24) is 0 Å². The van der Waals surface area contributed by atoms with Gasteiger partial charge in [0.1, 0.15) is 0 Å². The summed E-state index contributed by atoms with van der Waals surface area (Å²) in [5.41, 5.74) is 2.99. The summed E-state index contributed by atoms with van der Waals surface area (Å²) in [7, 11) is -1.39. The molecule has 0 spiro atoms. The van der Waals surface area contributed by atoms with Crippen molar-refractivity contribution in [2.24, 2.45) is 4.40 Å². The van der Waals surface area contributed by atoms with Gasteiger partial charge in [0.2, 0.25) is 0 Å². The average Bonchev–Trinajstić information content (AvgIpc) is 2.66. The monoisotopic (exact) mass is 365 g/mol. The van der Waals surface area contributed by atoms with Gasteiger partial charge in [0, 0.05) is 23.8 Å². The molecule has 2 aromatic carbocycles. The van der Waals surface area contributed by atoms with E-state index in [9.17, 15) is 4.21 Å². The molecular formula is C23H27NOS. The fraction of sp³-hybridized carbons (Fsp3) is 0.348. The predicted molar refractivity (Wildman–Crippen MR) is 112 cm³/mol. The number of nitrogens with zero attached hydrogens (tertiary/aromatic N) is 1. The van der Waals surface area contributed by atoms with Crippen LogP contribution < -0.4 is 0 Å². The molecule has 0 aliphatic heterocycles. The Morgan fingerprint density at radius 3 is 2.50 bits per heavy atom. The lowest BCUT2D eigenvalue weighted by atomic mass is 10.1. The Balaban J connectivity index is 1.98. The van der Waals surface area contributed by atoms with Crippen molar-refractivity contribution in [2.75, 3.05) is 0 Å². The average molecular weight is 366 g/mol. The highest BCUT2D eigenvalue weighted by molar-refractivity contribution is 7.83. The molecule has 136 valence electrons. The van der Waals surface area contributed by atoms with Crippen LogP contribution in [0.25, 0.3) is 0 Å². The van der Waals surface area contributed by atoms with Crippen LogP contribution in [0.4, 0.5) is 0 Å². The summed E-state index contributed by atoms with van der Waals surface area (Å²) in [5, 5.41) is 0. The van der Waals surface area contributed by atoms with Crippen molar-refractivity contribution in [2.45, 2.75) is 57.3 Å². The van der Waals surface area contributed by atoms with Gasteiger partial charge in [-0.05, 0) is 31.5 Å². The van der Waals surface area contributed by atoms with Gasteiger partial charge in [0.05, 0.1) is 4.90 Å². The third kappa shape index (κ3) is 6.98. The van der Waals surface area contributed by atoms with Gasteiger partial charge in [0.15, 0.2) is 11.0 Å². The lowest BCUT2D eigenvalue weighted by Gasteiger charge is -1.99. The zero-order chi connectivity index (χ0) is 18.6. The Kier molecular flexibility index (Phi) is 8.86. The highest BCUT2D eigenvalue weighted by Crippen LogP contribution is 2.11. The van der Waals surface area contributed by atoms with Gasteiger partial charge in [-0.1, -0.05) is 80.3 Å². The van der Waals surface area contributed by atoms with E-state index in [1.807, 2.05) is 55.5 Å². The van der Waals surface area contributed by atoms with Crippen molar-refractivity contribution in [3.63, 3.8) is 0 Å². The first-order valence-electron chi connectivity index (χ1n) is 9.31. The number of hydrogen-bond donors (Lipinski definition) is 0. The van der Waals surface area contributed by atoms with E-state index in [1.165, 1.54) is 25.7 Å². The zero-order valence-electron chi connectivity index (χ0n) is 15.7. The molecule has 2 aromatic rings. The molecule has 0 N–H and O–H groups in total. The molecule has 2 nitrogen and oxygen atoms in total. The first kappa shape index (κ1) is 20.1. The summed E-state index contributed by atoms with van der Waals surface area (Å²) < 4.78 is 16.5. The van der Waals surface area contributed by atoms with Gasteiger partial charge >= 0.3 is 0 Å². The second kappa shape index (κ2) is 11.4. The van der Waals surface area contributed by atoms with Crippen LogP contribution in [0.3, 0.4) is 0 Å². The molecule has 0 saturated carbocycles. The van der Waals surface area contributed by atoms with Gasteiger partial charge in [-0.25, -0.2) is 4.21 Å². The zero-order valence-corrected chi connectivity index (χ0v) is 16.5. The van der Waals surface area contributed by atoms with Crippen LogP contribution in [0.15, 0.2) is 57.8 Å². The largest absolute Gasteiger partial charge is 0.229 e. The molecule has 0 saturated heterocycles. The molecule has 0 aliphatic carbocycles. The summed E-state index contributed by atoms with van der Waals surface area (Å²) in [5.74, 6) is 6.49. The molecule has 0 bridgehead atoms. The molecule has 3 heteroatoms. The van der Waals surface area contributed by atoms with Crippen LogP contribution in [0, 0.1) is 18.8 Å². The van der Waals surface area contributed by atoms with E-state index >= 15 is 0 Å². The van der Waals surface area contributed by atoms with Crippen LogP contribution in [-0.2, 0) is 11.0 Å². The van der Waals surface area contributed by atoms with E-state index in [0.29, 0.717) is 4.90 Å². The van der Waals surface area contributed by atoms with E-state index in [-0.39, 0.29) is 0 Å². The molecule has 0 heterocycles. The lowest BCUT2D eigenvalue weighted by molar-refractivity contribution is 0.641. The minimum atomic E-state index is -1.39. The SMILES string of the molecule is CCCCCCCC#Cc1ccccc1/C=N/S(=O)c1ccc(C)cc1. The van der Waals surface area contributed by atoms with Gasteiger partial charge in [0.25, 0.3) is 0 Å². The molecule has 0 aromatic heterocycles. The van der Waals surface area contributed by atoms with Crippen LogP contribution in [-0.4, -0.2) is 10.4 Å². The second-order valence-electron chi connectivity index (χ2n) is 6.35. The van der Waals surface area contributed by atoms with E-state index in [1.54, 1.807) is 6.21 Å². The molecule has 0 amide bonds. The van der Waals surface area contributed by atoms with Crippen molar-refractivity contribution < 1.29 is 4.21 Å². The van der Waals surface area contributed by atoms with Gasteiger partial charge in [-0.15, -0.1) is 0 Å². The number of hydrogen-bond acceptors (Lipinski definition) is 1. The van der Waals surface area contributed by atoms with Gasteiger partial charge in [-0.2, -0.15) is 4.40 Å². The van der Waals surface area contributed by atoms with Crippen molar-refractivity contribution in [1.29, 1.82) is 0 Å². The maximum atomic E-state index is 12.3. The number of aryl methyl sites for hydroxylation is 1. The summed E-state index contributed by atoms with van der Waals surface area (Å²) in [6.07, 6.45) is 8.87. The van der Waals surface area contributed by atoms with Gasteiger partial charge in [-0.3, -0.25) is 0 Å². The Morgan fingerprint density at radius 1 is 1.00 bits per heavy atom. The minimum absolute atomic E-state index is 0.711. The van der Waals surface area contributed by atoms with E-state index in [0.717, 1.165) is 29.5 Å². The smallest absolute Gasteiger partial charge is 0.172 e. The van der Waals surface area contributed by atoms with E-state index in [2.05, 4.69) is 23.2 Å². The number of benzene rings is 2. The quantitative estimate of drug-likeness (QED) is 0.328. The van der Waals surface area contributed by atoms with Crippen LogP contribution in [0.1, 0.15) is 62.1 Å². The third-order valence-electron chi connectivity index (χ3n) is 4.10. The fourth-order valence-electron chi connectivity index (χ4n) is 2.52. The molecule has 1 unspecified atom stereocenters. The van der Waals surface area contributed by atoms with Gasteiger partial charge < -0.3 is 0 Å². The summed E-state index contributed by atoms with van der Waals surface area (Å²) >= 11 is 0. The topological polar surface area (TPSA) is 29.4 Å². The summed E-state index contributed by atoms with van der Waals surface area (Å²) in [6, 6.07) is 15.5. The van der Waals surface area contributed by atoms with Crippen LogP contribution in [0.5, 0.6) is 0 Å². The number of unbranched alkanes of at least 4 members (excludes halogenated alkanes) is 5. The maximum absolute atomic E-state index is 12.3. The maximum Gasteiger partial charge on any atom is 0.172 e. The normalized spacial score (nSPS) is 11.9. The highest BCUT2D eigenvalue weighted by atomic mass is 32.2. The molecule has 0 fully saturated rings.